The summed E-state index contributed by atoms with van der Waals surface area (Å²) >= 11 is 0. The number of unbranched alkanes of at least 4 members (excludes halogenated alkanes) is 4. The summed E-state index contributed by atoms with van der Waals surface area (Å²) in [6.45, 7) is 2.91. The number of amides is 2. The Balaban J connectivity index is 2.23. The van der Waals surface area contributed by atoms with Crippen molar-refractivity contribution in [3.8, 4) is 5.75 Å². The van der Waals surface area contributed by atoms with Crippen LogP contribution in [0.5, 0.6) is 5.75 Å². The fourth-order valence-electron chi connectivity index (χ4n) is 1.84. The number of rotatable bonds is 8. The fourth-order valence-corrected chi connectivity index (χ4v) is 1.84. The third-order valence-corrected chi connectivity index (χ3v) is 2.92. The van der Waals surface area contributed by atoms with Crippen LogP contribution < -0.4 is 15.4 Å². The third-order valence-electron chi connectivity index (χ3n) is 2.92. The summed E-state index contributed by atoms with van der Waals surface area (Å²) in [5, 5.41) is 5.64. The van der Waals surface area contributed by atoms with Crippen molar-refractivity contribution in [3.63, 3.8) is 0 Å². The molecule has 1 aromatic rings. The van der Waals surface area contributed by atoms with Crippen LogP contribution >= 0.6 is 0 Å². The maximum absolute atomic E-state index is 11.7. The molecule has 0 saturated heterocycles. The van der Waals surface area contributed by atoms with Crippen LogP contribution in [-0.4, -0.2) is 19.7 Å². The zero-order chi connectivity index (χ0) is 13.9. The van der Waals surface area contributed by atoms with Crippen LogP contribution in [0.15, 0.2) is 24.3 Å². The van der Waals surface area contributed by atoms with E-state index in [1.165, 1.54) is 25.7 Å². The van der Waals surface area contributed by atoms with Gasteiger partial charge in [-0.3, -0.25) is 0 Å². The maximum atomic E-state index is 11.7. The molecule has 2 amide bonds. The number of carbonyl (C=O) groups is 1. The van der Waals surface area contributed by atoms with Gasteiger partial charge in [-0.1, -0.05) is 44.7 Å². The predicted molar refractivity (Wildman–Crippen MR) is 78.8 cm³/mol. The molecule has 4 nitrogen and oxygen atoms in total. The largest absolute Gasteiger partial charge is 0.495 e. The summed E-state index contributed by atoms with van der Waals surface area (Å²) in [7, 11) is 1.59. The van der Waals surface area contributed by atoms with E-state index in [0.29, 0.717) is 18.0 Å². The SMILES string of the molecule is CCCCCCCNC(=O)Nc1ccccc1OC. The number of hydrogen-bond donors (Lipinski definition) is 2. The molecule has 0 bridgehead atoms. The highest BCUT2D eigenvalue weighted by molar-refractivity contribution is 5.90. The fraction of sp³-hybridized carbons (Fsp3) is 0.533. The van der Waals surface area contributed by atoms with Crippen molar-refractivity contribution in [2.24, 2.45) is 0 Å². The van der Waals surface area contributed by atoms with Crippen molar-refractivity contribution >= 4 is 11.7 Å². The van der Waals surface area contributed by atoms with E-state index in [2.05, 4.69) is 17.6 Å². The smallest absolute Gasteiger partial charge is 0.319 e. The second-order valence-corrected chi connectivity index (χ2v) is 4.50. The minimum atomic E-state index is -0.181. The lowest BCUT2D eigenvalue weighted by Gasteiger charge is -2.10. The molecule has 0 atom stereocenters. The van der Waals surface area contributed by atoms with Gasteiger partial charge in [0.05, 0.1) is 12.8 Å². The van der Waals surface area contributed by atoms with Gasteiger partial charge in [0.2, 0.25) is 0 Å². The molecule has 0 saturated carbocycles. The molecular formula is C15H24N2O2. The van der Waals surface area contributed by atoms with Crippen molar-refractivity contribution in [1.82, 2.24) is 5.32 Å². The molecule has 0 aliphatic carbocycles. The summed E-state index contributed by atoms with van der Waals surface area (Å²) in [5.74, 6) is 0.667. The first-order valence-corrected chi connectivity index (χ1v) is 6.95. The molecule has 2 N–H and O–H groups in total. The molecule has 0 aliphatic rings. The van der Waals surface area contributed by atoms with Gasteiger partial charge >= 0.3 is 6.03 Å². The van der Waals surface area contributed by atoms with E-state index in [9.17, 15) is 4.79 Å². The highest BCUT2D eigenvalue weighted by atomic mass is 16.5. The topological polar surface area (TPSA) is 50.4 Å². The number of nitrogens with one attached hydrogen (secondary N) is 2. The number of anilines is 1. The molecule has 19 heavy (non-hydrogen) atoms. The van der Waals surface area contributed by atoms with Crippen LogP contribution in [-0.2, 0) is 0 Å². The number of ether oxygens (including phenoxy) is 1. The van der Waals surface area contributed by atoms with Crippen molar-refractivity contribution in [1.29, 1.82) is 0 Å². The average Bonchev–Trinajstić information content (AvgIpc) is 2.43. The zero-order valence-electron chi connectivity index (χ0n) is 11.9. The normalized spacial score (nSPS) is 10.0. The second kappa shape index (κ2) is 9.25. The van der Waals surface area contributed by atoms with Gasteiger partial charge in [-0.05, 0) is 18.6 Å². The van der Waals surface area contributed by atoms with Gasteiger partial charge in [0.1, 0.15) is 5.75 Å². The van der Waals surface area contributed by atoms with Crippen molar-refractivity contribution in [2.45, 2.75) is 39.0 Å². The van der Waals surface area contributed by atoms with Gasteiger partial charge in [0, 0.05) is 6.54 Å². The maximum Gasteiger partial charge on any atom is 0.319 e. The molecule has 0 aromatic heterocycles. The summed E-state index contributed by atoms with van der Waals surface area (Å²) < 4.78 is 5.17. The molecule has 1 rings (SSSR count). The average molecular weight is 264 g/mol. The molecular weight excluding hydrogens is 240 g/mol. The summed E-state index contributed by atoms with van der Waals surface area (Å²) in [6, 6.07) is 7.19. The van der Waals surface area contributed by atoms with Gasteiger partial charge < -0.3 is 15.4 Å². The quantitative estimate of drug-likeness (QED) is 0.702. The molecule has 4 heteroatoms. The third kappa shape index (κ3) is 6.13. The Morgan fingerprint density at radius 2 is 1.89 bits per heavy atom. The monoisotopic (exact) mass is 264 g/mol. The zero-order valence-corrected chi connectivity index (χ0v) is 11.9. The van der Waals surface area contributed by atoms with Crippen LogP contribution in [0.2, 0.25) is 0 Å². The molecule has 0 aliphatic heterocycles. The molecule has 0 radical (unpaired) electrons. The van der Waals surface area contributed by atoms with E-state index in [1.807, 2.05) is 24.3 Å². The molecule has 0 heterocycles. The highest BCUT2D eigenvalue weighted by Gasteiger charge is 2.05. The highest BCUT2D eigenvalue weighted by Crippen LogP contribution is 2.22. The number of methoxy groups -OCH3 is 1. The Labute approximate surface area is 115 Å². The van der Waals surface area contributed by atoms with Crippen molar-refractivity contribution < 1.29 is 9.53 Å². The number of carbonyl (C=O) groups excluding carboxylic acids is 1. The van der Waals surface area contributed by atoms with Gasteiger partial charge in [-0.15, -0.1) is 0 Å². The first-order valence-electron chi connectivity index (χ1n) is 6.95. The lowest BCUT2D eigenvalue weighted by molar-refractivity contribution is 0.251. The van der Waals surface area contributed by atoms with Crippen LogP contribution in [0, 0.1) is 0 Å². The Morgan fingerprint density at radius 1 is 1.16 bits per heavy atom. The Morgan fingerprint density at radius 3 is 2.63 bits per heavy atom. The van der Waals surface area contributed by atoms with E-state index < -0.39 is 0 Å². The minimum absolute atomic E-state index is 0.181. The number of benzene rings is 1. The van der Waals surface area contributed by atoms with Crippen LogP contribution in [0.1, 0.15) is 39.0 Å². The summed E-state index contributed by atoms with van der Waals surface area (Å²) in [5.41, 5.74) is 0.688. The van der Waals surface area contributed by atoms with E-state index in [4.69, 9.17) is 4.74 Å². The second-order valence-electron chi connectivity index (χ2n) is 4.50. The Hall–Kier alpha value is -1.71. The number of urea groups is 1. The lowest BCUT2D eigenvalue weighted by Crippen LogP contribution is -2.29. The lowest BCUT2D eigenvalue weighted by atomic mass is 10.1. The summed E-state index contributed by atoms with van der Waals surface area (Å²) in [4.78, 5) is 11.7. The molecule has 0 unspecified atom stereocenters. The minimum Gasteiger partial charge on any atom is -0.495 e. The number of hydrogen-bond acceptors (Lipinski definition) is 2. The Bertz CT molecular complexity index is 380. The van der Waals surface area contributed by atoms with E-state index in [0.717, 1.165) is 6.42 Å². The standard InChI is InChI=1S/C15H24N2O2/c1-3-4-5-6-9-12-16-15(18)17-13-10-7-8-11-14(13)19-2/h7-8,10-11H,3-6,9,12H2,1-2H3,(H2,16,17,18). The molecule has 0 fully saturated rings. The predicted octanol–water partition coefficient (Wildman–Crippen LogP) is 3.79. The van der Waals surface area contributed by atoms with Gasteiger partial charge in [-0.2, -0.15) is 0 Å². The summed E-state index contributed by atoms with van der Waals surface area (Å²) in [6.07, 6.45) is 5.95. The first kappa shape index (κ1) is 15.3. The Kier molecular flexibility index (Phi) is 7.47. The van der Waals surface area contributed by atoms with Crippen LogP contribution in [0.25, 0.3) is 0 Å². The van der Waals surface area contributed by atoms with Crippen LogP contribution in [0.3, 0.4) is 0 Å². The molecule has 0 spiro atoms. The first-order chi connectivity index (χ1) is 9.27. The van der Waals surface area contributed by atoms with E-state index in [-0.39, 0.29) is 6.03 Å². The van der Waals surface area contributed by atoms with Gasteiger partial charge in [0.25, 0.3) is 0 Å². The van der Waals surface area contributed by atoms with Crippen molar-refractivity contribution in [2.75, 3.05) is 19.0 Å². The van der Waals surface area contributed by atoms with Gasteiger partial charge in [-0.25, -0.2) is 4.79 Å². The van der Waals surface area contributed by atoms with Gasteiger partial charge in [0.15, 0.2) is 0 Å². The van der Waals surface area contributed by atoms with Crippen molar-refractivity contribution in [3.05, 3.63) is 24.3 Å². The van der Waals surface area contributed by atoms with E-state index >= 15 is 0 Å². The van der Waals surface area contributed by atoms with Crippen LogP contribution in [0.4, 0.5) is 10.5 Å². The molecule has 1 aromatic carbocycles. The van der Waals surface area contributed by atoms with E-state index in [1.54, 1.807) is 7.11 Å². The number of para-hydroxylation sites is 2. The molecule has 106 valence electrons.